The van der Waals surface area contributed by atoms with Gasteiger partial charge in [0.15, 0.2) is 0 Å². The predicted molar refractivity (Wildman–Crippen MR) is 81.8 cm³/mol. The molecule has 0 atom stereocenters. The van der Waals surface area contributed by atoms with E-state index in [4.69, 9.17) is 11.6 Å². The van der Waals surface area contributed by atoms with Crippen molar-refractivity contribution in [2.45, 2.75) is 37.4 Å². The van der Waals surface area contributed by atoms with E-state index in [-0.39, 0.29) is 0 Å². The van der Waals surface area contributed by atoms with E-state index in [1.54, 1.807) is 0 Å². The molecule has 0 radical (unpaired) electrons. The maximum atomic E-state index is 6.08. The predicted octanol–water partition coefficient (Wildman–Crippen LogP) is 5.01. The summed E-state index contributed by atoms with van der Waals surface area (Å²) in [5.41, 5.74) is 3.32. The summed E-state index contributed by atoms with van der Waals surface area (Å²) in [6, 6.07) is 6.29. The lowest BCUT2D eigenvalue weighted by molar-refractivity contribution is 0.341. The van der Waals surface area contributed by atoms with Crippen molar-refractivity contribution < 1.29 is 0 Å². The van der Waals surface area contributed by atoms with E-state index in [0.717, 1.165) is 10.4 Å². The molecule has 0 amide bonds. The molecule has 0 N–H and O–H groups in total. The number of halogens is 2. The molecular weight excluding hydrogens is 310 g/mol. The van der Waals surface area contributed by atoms with Crippen molar-refractivity contribution in [1.29, 1.82) is 0 Å². The van der Waals surface area contributed by atoms with Crippen LogP contribution in [0, 0.1) is 5.41 Å². The molecule has 0 aromatic heterocycles. The smallest absolute Gasteiger partial charge is 0.0410 e. The third-order valence-electron chi connectivity index (χ3n) is 4.63. The summed E-state index contributed by atoms with van der Waals surface area (Å²) in [6.07, 6.45) is 7.10. The van der Waals surface area contributed by atoms with E-state index >= 15 is 0 Å². The lowest BCUT2D eigenvalue weighted by Gasteiger charge is -2.26. The Morgan fingerprint density at radius 3 is 2.72 bits per heavy atom. The van der Waals surface area contributed by atoms with Gasteiger partial charge in [-0.05, 0) is 48.4 Å². The number of anilines is 1. The highest BCUT2D eigenvalue weighted by Crippen LogP contribution is 2.46. The zero-order chi connectivity index (χ0) is 12.6. The topological polar surface area (TPSA) is 3.24 Å². The molecule has 1 spiro atoms. The molecule has 18 heavy (non-hydrogen) atoms. The van der Waals surface area contributed by atoms with Crippen molar-refractivity contribution in [2.75, 3.05) is 18.0 Å². The lowest BCUT2D eigenvalue weighted by atomic mass is 9.86. The Kier molecular flexibility index (Phi) is 3.59. The van der Waals surface area contributed by atoms with E-state index in [9.17, 15) is 0 Å². The normalized spacial score (nSPS) is 22.0. The van der Waals surface area contributed by atoms with Gasteiger partial charge in [-0.15, -0.1) is 0 Å². The summed E-state index contributed by atoms with van der Waals surface area (Å²) in [5.74, 6) is 0. The Balaban J connectivity index is 1.83. The highest BCUT2D eigenvalue weighted by molar-refractivity contribution is 9.08. The maximum absolute atomic E-state index is 6.08. The molecular formula is C15H19BrClN. The summed E-state index contributed by atoms with van der Waals surface area (Å²) in [6.45, 7) is 2.45. The van der Waals surface area contributed by atoms with Gasteiger partial charge in [0.2, 0.25) is 0 Å². The Bertz CT molecular complexity index is 440. The van der Waals surface area contributed by atoms with Crippen LogP contribution in [-0.4, -0.2) is 13.1 Å². The van der Waals surface area contributed by atoms with E-state index in [0.29, 0.717) is 5.41 Å². The average molecular weight is 329 g/mol. The molecule has 98 valence electrons. The number of benzene rings is 1. The average Bonchev–Trinajstić information content (AvgIpc) is 3.00. The first-order valence-electron chi connectivity index (χ1n) is 6.82. The molecule has 0 unspecified atom stereocenters. The standard InChI is InChI=1S/C15H19BrClN/c16-10-12-9-13(17)3-4-14(12)18-8-7-15(11-18)5-1-2-6-15/h3-4,9H,1-2,5-8,10-11H2. The fourth-order valence-corrected chi connectivity index (χ4v) is 4.29. The minimum absolute atomic E-state index is 0.628. The van der Waals surface area contributed by atoms with Crippen LogP contribution in [0.2, 0.25) is 5.02 Å². The first kappa shape index (κ1) is 12.8. The highest BCUT2D eigenvalue weighted by Gasteiger charge is 2.40. The van der Waals surface area contributed by atoms with Crippen LogP contribution in [0.25, 0.3) is 0 Å². The third-order valence-corrected chi connectivity index (χ3v) is 5.47. The van der Waals surface area contributed by atoms with E-state index in [1.807, 2.05) is 6.07 Å². The first-order chi connectivity index (χ1) is 8.72. The van der Waals surface area contributed by atoms with E-state index in [1.165, 1.54) is 56.4 Å². The van der Waals surface area contributed by atoms with E-state index in [2.05, 4.69) is 33.0 Å². The summed E-state index contributed by atoms with van der Waals surface area (Å²) in [7, 11) is 0. The third kappa shape index (κ3) is 2.30. The largest absolute Gasteiger partial charge is 0.371 e. The summed E-state index contributed by atoms with van der Waals surface area (Å²) in [4.78, 5) is 2.57. The number of alkyl halides is 1. The van der Waals surface area contributed by atoms with Gasteiger partial charge in [0.05, 0.1) is 0 Å². The van der Waals surface area contributed by atoms with Crippen LogP contribution >= 0.6 is 27.5 Å². The van der Waals surface area contributed by atoms with Crippen LogP contribution in [0.4, 0.5) is 5.69 Å². The van der Waals surface area contributed by atoms with Gasteiger partial charge >= 0.3 is 0 Å². The van der Waals surface area contributed by atoms with Crippen molar-refractivity contribution in [3.8, 4) is 0 Å². The zero-order valence-corrected chi connectivity index (χ0v) is 12.9. The summed E-state index contributed by atoms with van der Waals surface area (Å²) < 4.78 is 0. The molecule has 3 heteroatoms. The second kappa shape index (κ2) is 5.05. The fraction of sp³-hybridized carbons (Fsp3) is 0.600. The molecule has 1 aliphatic heterocycles. The molecule has 1 saturated carbocycles. The highest BCUT2D eigenvalue weighted by atomic mass is 79.9. The van der Waals surface area contributed by atoms with Crippen LogP contribution in [0.15, 0.2) is 18.2 Å². The van der Waals surface area contributed by atoms with Crippen molar-refractivity contribution in [2.24, 2.45) is 5.41 Å². The van der Waals surface area contributed by atoms with Crippen LogP contribution in [0.5, 0.6) is 0 Å². The Morgan fingerprint density at radius 2 is 2.00 bits per heavy atom. The minimum Gasteiger partial charge on any atom is -0.371 e. The number of rotatable bonds is 2. The molecule has 1 aromatic rings. The van der Waals surface area contributed by atoms with Crippen LogP contribution < -0.4 is 4.90 Å². The number of nitrogens with zero attached hydrogens (tertiary/aromatic N) is 1. The molecule has 2 fully saturated rings. The molecule has 1 heterocycles. The van der Waals surface area contributed by atoms with Crippen molar-refractivity contribution in [3.63, 3.8) is 0 Å². The molecule has 2 aliphatic rings. The van der Waals surface area contributed by atoms with Gasteiger partial charge < -0.3 is 4.90 Å². The van der Waals surface area contributed by atoms with Crippen LogP contribution in [0.1, 0.15) is 37.7 Å². The summed E-state index contributed by atoms with van der Waals surface area (Å²) in [5, 5.41) is 1.72. The van der Waals surface area contributed by atoms with Crippen LogP contribution in [-0.2, 0) is 5.33 Å². The SMILES string of the molecule is Clc1ccc(N2CCC3(CCCC3)C2)c(CBr)c1. The molecule has 3 rings (SSSR count). The monoisotopic (exact) mass is 327 g/mol. The second-order valence-electron chi connectivity index (χ2n) is 5.79. The van der Waals surface area contributed by atoms with Crippen molar-refractivity contribution >= 4 is 33.2 Å². The quantitative estimate of drug-likeness (QED) is 0.690. The Morgan fingerprint density at radius 1 is 1.22 bits per heavy atom. The van der Waals surface area contributed by atoms with Gasteiger partial charge in [0.25, 0.3) is 0 Å². The Hall–Kier alpha value is -0.210. The number of hydrogen-bond acceptors (Lipinski definition) is 1. The fourth-order valence-electron chi connectivity index (χ4n) is 3.64. The molecule has 1 aliphatic carbocycles. The minimum atomic E-state index is 0.628. The van der Waals surface area contributed by atoms with Gasteiger partial charge in [-0.3, -0.25) is 0 Å². The lowest BCUT2D eigenvalue weighted by Crippen LogP contribution is -2.25. The molecule has 1 aromatic carbocycles. The zero-order valence-electron chi connectivity index (χ0n) is 10.6. The second-order valence-corrected chi connectivity index (χ2v) is 6.78. The van der Waals surface area contributed by atoms with Crippen LogP contribution in [0.3, 0.4) is 0 Å². The van der Waals surface area contributed by atoms with E-state index < -0.39 is 0 Å². The first-order valence-corrected chi connectivity index (χ1v) is 8.32. The number of hydrogen-bond donors (Lipinski definition) is 0. The molecule has 0 bridgehead atoms. The Labute approximate surface area is 123 Å². The van der Waals surface area contributed by atoms with Gasteiger partial charge in [0, 0.05) is 29.1 Å². The van der Waals surface area contributed by atoms with Gasteiger partial charge in [-0.1, -0.05) is 40.4 Å². The molecule has 1 saturated heterocycles. The summed E-state index contributed by atoms with van der Waals surface area (Å²) >= 11 is 9.66. The maximum Gasteiger partial charge on any atom is 0.0410 e. The van der Waals surface area contributed by atoms with Crippen molar-refractivity contribution in [3.05, 3.63) is 28.8 Å². The van der Waals surface area contributed by atoms with Gasteiger partial charge in [-0.2, -0.15) is 0 Å². The van der Waals surface area contributed by atoms with Gasteiger partial charge in [-0.25, -0.2) is 0 Å². The molecule has 1 nitrogen and oxygen atoms in total. The van der Waals surface area contributed by atoms with Crippen molar-refractivity contribution in [1.82, 2.24) is 0 Å². The van der Waals surface area contributed by atoms with Gasteiger partial charge in [0.1, 0.15) is 0 Å².